The number of carbonyl (C=O) groups excluding carboxylic acids is 1. The van der Waals surface area contributed by atoms with Crippen LogP contribution in [0.3, 0.4) is 0 Å². The third-order valence-corrected chi connectivity index (χ3v) is 6.66. The molecule has 3 rings (SSSR count). The van der Waals surface area contributed by atoms with E-state index in [-0.39, 0.29) is 17.9 Å². The van der Waals surface area contributed by atoms with Gasteiger partial charge in [-0.15, -0.1) is 0 Å². The molecule has 2 aromatic rings. The third-order valence-electron chi connectivity index (χ3n) is 3.76. The van der Waals surface area contributed by atoms with Gasteiger partial charge in [0.1, 0.15) is 11.9 Å². The van der Waals surface area contributed by atoms with Crippen LogP contribution in [0.15, 0.2) is 60.7 Å². The Labute approximate surface area is 150 Å². The molecular weight excluding hydrogens is 338 g/mol. The van der Waals surface area contributed by atoms with Crippen molar-refractivity contribution in [3.05, 3.63) is 66.2 Å². The zero-order chi connectivity index (χ0) is 16.8. The number of carbonyl (C=O) groups is 1. The summed E-state index contributed by atoms with van der Waals surface area (Å²) in [5.74, 6) is -0.180. The van der Waals surface area contributed by atoms with Gasteiger partial charge in [0.2, 0.25) is 15.7 Å². The van der Waals surface area contributed by atoms with Crippen LogP contribution in [0.1, 0.15) is 18.9 Å². The summed E-state index contributed by atoms with van der Waals surface area (Å²) < 4.78 is 5.16. The highest BCUT2D eigenvalue weighted by atomic mass is 33.1. The van der Waals surface area contributed by atoms with Gasteiger partial charge in [-0.05, 0) is 31.2 Å². The highest BCUT2D eigenvalue weighted by Crippen LogP contribution is 2.32. The average molecular weight is 359 g/mol. The van der Waals surface area contributed by atoms with Gasteiger partial charge in [0.25, 0.3) is 10.4 Å². The highest BCUT2D eigenvalue weighted by molar-refractivity contribution is 8.66. The van der Waals surface area contributed by atoms with Crippen LogP contribution in [0.5, 0.6) is 0 Å². The van der Waals surface area contributed by atoms with E-state index in [1.807, 2.05) is 43.3 Å². The normalized spacial score (nSPS) is 16.5. The molecule has 1 atom stereocenters. The van der Waals surface area contributed by atoms with Crippen LogP contribution in [-0.2, 0) is 19.9 Å². The van der Waals surface area contributed by atoms with Crippen molar-refractivity contribution in [3.63, 3.8) is 0 Å². The fourth-order valence-corrected chi connectivity index (χ4v) is 5.63. The standard InChI is InChI=1S/C19H20NO2S2/c1-2-22-19(21)14-20(16-11-7-4-8-12-16)18-13-17(23-24-18)15-9-5-3-6-10-15/h3-12,18H,2,13-14H2,1H3/q+1. The quantitative estimate of drug-likeness (QED) is 0.341. The highest BCUT2D eigenvalue weighted by Gasteiger charge is 2.37. The number of benzene rings is 2. The molecule has 0 saturated heterocycles. The first-order valence-electron chi connectivity index (χ1n) is 8.00. The lowest BCUT2D eigenvalue weighted by molar-refractivity contribution is -0.141. The lowest BCUT2D eigenvalue weighted by atomic mass is 10.1. The molecule has 3 nitrogen and oxygen atoms in total. The first-order valence-corrected chi connectivity index (χ1v) is 10.2. The van der Waals surface area contributed by atoms with Gasteiger partial charge in [0, 0.05) is 11.3 Å². The number of ether oxygens (including phenoxy) is 1. The molecule has 0 saturated carbocycles. The third kappa shape index (κ3) is 4.16. The number of hydrogen-bond acceptors (Lipinski definition) is 4. The van der Waals surface area contributed by atoms with Crippen molar-refractivity contribution in [3.8, 4) is 0 Å². The summed E-state index contributed by atoms with van der Waals surface area (Å²) >= 11 is 0. The van der Waals surface area contributed by atoms with Gasteiger partial charge in [-0.1, -0.05) is 36.4 Å². The van der Waals surface area contributed by atoms with Gasteiger partial charge in [-0.2, -0.15) is 0 Å². The fraction of sp³-hybridized carbons (Fsp3) is 0.263. The van der Waals surface area contributed by atoms with Crippen LogP contribution in [-0.4, -0.2) is 29.4 Å². The second-order valence-corrected chi connectivity index (χ2v) is 7.87. The van der Waals surface area contributed by atoms with E-state index in [1.165, 1.54) is 10.4 Å². The zero-order valence-corrected chi connectivity index (χ0v) is 15.2. The van der Waals surface area contributed by atoms with E-state index in [1.54, 1.807) is 21.2 Å². The minimum Gasteiger partial charge on any atom is -0.465 e. The maximum Gasteiger partial charge on any atom is 0.325 e. The van der Waals surface area contributed by atoms with Crippen LogP contribution in [0, 0.1) is 0 Å². The molecule has 1 aliphatic rings. The Balaban J connectivity index is 1.76. The molecule has 1 aliphatic heterocycles. The molecule has 0 aromatic heterocycles. The summed E-state index contributed by atoms with van der Waals surface area (Å²) in [6.45, 7) is 2.53. The molecule has 0 bridgehead atoms. The van der Waals surface area contributed by atoms with Gasteiger partial charge < -0.3 is 9.64 Å². The largest absolute Gasteiger partial charge is 0.465 e. The van der Waals surface area contributed by atoms with E-state index in [0.29, 0.717) is 6.61 Å². The molecule has 0 radical (unpaired) electrons. The topological polar surface area (TPSA) is 29.5 Å². The SMILES string of the molecule is CCOC(=O)CN(c1ccccc1)C1CC(c2ccccc2)=[S+]S1. The molecule has 1 unspecified atom stereocenters. The van der Waals surface area contributed by atoms with Crippen molar-refractivity contribution in [1.82, 2.24) is 0 Å². The Morgan fingerprint density at radius 1 is 1.17 bits per heavy atom. The lowest BCUT2D eigenvalue weighted by Gasteiger charge is -2.26. The molecule has 24 heavy (non-hydrogen) atoms. The molecule has 0 aliphatic carbocycles. The number of para-hydroxylation sites is 1. The van der Waals surface area contributed by atoms with Crippen molar-refractivity contribution in [2.75, 3.05) is 18.1 Å². The number of rotatable bonds is 6. The number of nitrogens with zero attached hydrogens (tertiary/aromatic N) is 1. The second kappa shape index (κ2) is 8.31. The van der Waals surface area contributed by atoms with E-state index < -0.39 is 0 Å². The molecule has 0 amide bonds. The molecule has 0 N–H and O–H groups in total. The monoisotopic (exact) mass is 358 g/mol. The number of anilines is 1. The van der Waals surface area contributed by atoms with Crippen LogP contribution >= 0.6 is 10.8 Å². The molecule has 5 heteroatoms. The minimum absolute atomic E-state index is 0.180. The van der Waals surface area contributed by atoms with Crippen LogP contribution in [0.2, 0.25) is 0 Å². The predicted octanol–water partition coefficient (Wildman–Crippen LogP) is 3.74. The maximum atomic E-state index is 12.0. The van der Waals surface area contributed by atoms with Gasteiger partial charge in [-0.25, -0.2) is 0 Å². The summed E-state index contributed by atoms with van der Waals surface area (Å²) in [5.41, 5.74) is 2.32. The Bertz CT molecular complexity index is 704. The van der Waals surface area contributed by atoms with Crippen LogP contribution in [0.4, 0.5) is 5.69 Å². The Morgan fingerprint density at radius 3 is 2.50 bits per heavy atom. The minimum atomic E-state index is -0.180. The van der Waals surface area contributed by atoms with Crippen molar-refractivity contribution in [2.45, 2.75) is 18.7 Å². The van der Waals surface area contributed by atoms with Gasteiger partial charge in [-0.3, -0.25) is 4.79 Å². The Morgan fingerprint density at radius 2 is 1.83 bits per heavy atom. The van der Waals surface area contributed by atoms with Crippen LogP contribution in [0.25, 0.3) is 0 Å². The van der Waals surface area contributed by atoms with Crippen molar-refractivity contribution in [1.29, 1.82) is 0 Å². The maximum absolute atomic E-state index is 12.0. The zero-order valence-electron chi connectivity index (χ0n) is 13.6. The van der Waals surface area contributed by atoms with E-state index >= 15 is 0 Å². The average Bonchev–Trinajstić information content (AvgIpc) is 3.11. The van der Waals surface area contributed by atoms with Gasteiger partial charge in [0.05, 0.1) is 13.0 Å². The van der Waals surface area contributed by atoms with Gasteiger partial charge >= 0.3 is 5.97 Å². The lowest BCUT2D eigenvalue weighted by Crippen LogP contribution is -2.37. The Kier molecular flexibility index (Phi) is 5.88. The summed E-state index contributed by atoms with van der Waals surface area (Å²) in [5, 5.41) is 0.219. The second-order valence-electron chi connectivity index (χ2n) is 5.40. The van der Waals surface area contributed by atoms with Crippen molar-refractivity contribution >= 4 is 37.7 Å². The predicted molar refractivity (Wildman–Crippen MR) is 104 cm³/mol. The molecule has 2 aromatic carbocycles. The first-order chi connectivity index (χ1) is 11.8. The molecule has 1 heterocycles. The van der Waals surface area contributed by atoms with Crippen molar-refractivity contribution in [2.24, 2.45) is 0 Å². The smallest absolute Gasteiger partial charge is 0.325 e. The van der Waals surface area contributed by atoms with Crippen LogP contribution < -0.4 is 4.90 Å². The molecule has 0 fully saturated rings. The summed E-state index contributed by atoms with van der Waals surface area (Å²) in [7, 11) is 3.61. The summed E-state index contributed by atoms with van der Waals surface area (Å²) in [6.07, 6.45) is 0.924. The number of esters is 1. The molecule has 124 valence electrons. The first kappa shape index (κ1) is 17.0. The van der Waals surface area contributed by atoms with E-state index in [9.17, 15) is 4.79 Å². The summed E-state index contributed by atoms with van der Waals surface area (Å²) in [6, 6.07) is 20.5. The van der Waals surface area contributed by atoms with Crippen molar-refractivity contribution < 1.29 is 9.53 Å². The Hall–Kier alpha value is -1.85. The summed E-state index contributed by atoms with van der Waals surface area (Å²) in [4.78, 5) is 15.5. The number of hydrogen-bond donors (Lipinski definition) is 0. The van der Waals surface area contributed by atoms with Gasteiger partial charge in [0.15, 0.2) is 0 Å². The van der Waals surface area contributed by atoms with E-state index in [0.717, 1.165) is 12.1 Å². The fourth-order valence-electron chi connectivity index (χ4n) is 2.62. The van der Waals surface area contributed by atoms with E-state index in [4.69, 9.17) is 4.74 Å². The molecule has 0 spiro atoms. The molecular formula is C19H20NO2S2+. The van der Waals surface area contributed by atoms with E-state index in [2.05, 4.69) is 29.2 Å².